The predicted octanol–water partition coefficient (Wildman–Crippen LogP) is 12.6. The SMILES string of the molecule is CCCCCCCCOc1ccc(-c2ccc(-c3ccc4c(c3)C(C)(C)c3cc(-c5ccc(Br)s5)ccc3-4)cc2)cc1. The minimum absolute atomic E-state index is 0.0516. The second-order valence-corrected chi connectivity index (χ2v) is 14.4. The lowest BCUT2D eigenvalue weighted by atomic mass is 9.81. The molecule has 1 nitrogen and oxygen atoms in total. The Hall–Kier alpha value is -3.14. The Labute approximate surface area is 263 Å². The lowest BCUT2D eigenvalue weighted by molar-refractivity contribution is 0.304. The molecule has 0 bridgehead atoms. The van der Waals surface area contributed by atoms with Crippen molar-refractivity contribution in [3.63, 3.8) is 0 Å². The highest BCUT2D eigenvalue weighted by Crippen LogP contribution is 2.51. The van der Waals surface area contributed by atoms with E-state index in [1.165, 1.54) is 90.8 Å². The molecule has 0 atom stereocenters. The summed E-state index contributed by atoms with van der Waals surface area (Å²) in [6.45, 7) is 7.78. The van der Waals surface area contributed by atoms with E-state index in [2.05, 4.69) is 134 Å². The normalized spacial score (nSPS) is 13.1. The third-order valence-electron chi connectivity index (χ3n) is 8.71. The molecular weight excluding hydrogens is 596 g/mol. The molecule has 0 saturated heterocycles. The third-order valence-corrected chi connectivity index (χ3v) is 10.4. The van der Waals surface area contributed by atoms with Gasteiger partial charge in [0.2, 0.25) is 0 Å². The van der Waals surface area contributed by atoms with E-state index in [1.54, 1.807) is 11.3 Å². The maximum atomic E-state index is 5.99. The fourth-order valence-electron chi connectivity index (χ4n) is 6.21. The van der Waals surface area contributed by atoms with Crippen molar-refractivity contribution in [1.82, 2.24) is 0 Å². The largest absolute Gasteiger partial charge is 0.494 e. The van der Waals surface area contributed by atoms with E-state index in [-0.39, 0.29) is 5.41 Å². The highest BCUT2D eigenvalue weighted by Gasteiger charge is 2.35. The van der Waals surface area contributed by atoms with Gasteiger partial charge in [-0.15, -0.1) is 11.3 Å². The number of rotatable bonds is 11. The minimum atomic E-state index is -0.0516. The summed E-state index contributed by atoms with van der Waals surface area (Å²) < 4.78 is 7.15. The van der Waals surface area contributed by atoms with Crippen LogP contribution in [0.15, 0.2) is 101 Å². The second-order valence-electron chi connectivity index (χ2n) is 12.0. The fraction of sp³-hybridized carbons (Fsp3) is 0.282. The molecule has 5 aromatic rings. The van der Waals surface area contributed by atoms with Crippen LogP contribution in [0.2, 0.25) is 0 Å². The molecule has 3 heteroatoms. The van der Waals surface area contributed by atoms with E-state index in [4.69, 9.17) is 4.74 Å². The van der Waals surface area contributed by atoms with Crippen molar-refractivity contribution in [2.45, 2.75) is 64.7 Å². The predicted molar refractivity (Wildman–Crippen MR) is 185 cm³/mol. The van der Waals surface area contributed by atoms with Crippen molar-refractivity contribution < 1.29 is 4.74 Å². The molecule has 42 heavy (non-hydrogen) atoms. The zero-order valence-corrected chi connectivity index (χ0v) is 27.3. The van der Waals surface area contributed by atoms with Gasteiger partial charge in [-0.25, -0.2) is 0 Å². The molecule has 1 aliphatic rings. The van der Waals surface area contributed by atoms with Crippen LogP contribution in [0.3, 0.4) is 0 Å². The van der Waals surface area contributed by atoms with E-state index in [0.29, 0.717) is 0 Å². The third kappa shape index (κ3) is 6.00. The number of hydrogen-bond donors (Lipinski definition) is 0. The highest BCUT2D eigenvalue weighted by molar-refractivity contribution is 9.11. The number of benzene rings is 4. The van der Waals surface area contributed by atoms with Crippen molar-refractivity contribution in [3.05, 3.63) is 112 Å². The molecule has 0 fully saturated rings. The van der Waals surface area contributed by atoms with E-state index in [0.717, 1.165) is 18.8 Å². The van der Waals surface area contributed by atoms with E-state index >= 15 is 0 Å². The molecule has 6 rings (SSSR count). The second kappa shape index (κ2) is 12.6. The maximum absolute atomic E-state index is 5.99. The van der Waals surface area contributed by atoms with Crippen LogP contribution < -0.4 is 4.74 Å². The lowest BCUT2D eigenvalue weighted by Gasteiger charge is -2.22. The van der Waals surface area contributed by atoms with Gasteiger partial charge in [0, 0.05) is 10.3 Å². The smallest absolute Gasteiger partial charge is 0.119 e. The van der Waals surface area contributed by atoms with Gasteiger partial charge in [0.15, 0.2) is 0 Å². The summed E-state index contributed by atoms with van der Waals surface area (Å²) >= 11 is 5.41. The first kappa shape index (κ1) is 29.0. The van der Waals surface area contributed by atoms with Crippen LogP contribution >= 0.6 is 27.3 Å². The lowest BCUT2D eigenvalue weighted by Crippen LogP contribution is -2.15. The Morgan fingerprint density at radius 2 is 1.12 bits per heavy atom. The summed E-state index contributed by atoms with van der Waals surface area (Å²) in [6, 6.07) is 35.8. The summed E-state index contributed by atoms with van der Waals surface area (Å²) in [5.41, 5.74) is 11.7. The maximum Gasteiger partial charge on any atom is 0.119 e. The first-order valence-corrected chi connectivity index (χ1v) is 16.9. The average Bonchev–Trinajstić information content (AvgIpc) is 3.55. The summed E-state index contributed by atoms with van der Waals surface area (Å²) in [6.07, 6.45) is 7.70. The van der Waals surface area contributed by atoms with Gasteiger partial charge in [-0.3, -0.25) is 0 Å². The van der Waals surface area contributed by atoms with Gasteiger partial charge in [-0.05, 0) is 109 Å². The number of hydrogen-bond acceptors (Lipinski definition) is 2. The van der Waals surface area contributed by atoms with Gasteiger partial charge in [0.05, 0.1) is 10.4 Å². The molecule has 0 spiro atoms. The first-order chi connectivity index (χ1) is 20.4. The van der Waals surface area contributed by atoms with Crippen LogP contribution in [0.1, 0.15) is 70.4 Å². The molecule has 214 valence electrons. The molecule has 0 radical (unpaired) electrons. The molecule has 0 aliphatic heterocycles. The van der Waals surface area contributed by atoms with Gasteiger partial charge in [0.1, 0.15) is 5.75 Å². The van der Waals surface area contributed by atoms with Gasteiger partial charge >= 0.3 is 0 Å². The number of unbranched alkanes of at least 4 members (excludes halogenated alkanes) is 5. The quantitative estimate of drug-likeness (QED) is 0.131. The molecular formula is C39H39BrOS. The highest BCUT2D eigenvalue weighted by atomic mass is 79.9. The van der Waals surface area contributed by atoms with Crippen LogP contribution in [-0.4, -0.2) is 6.61 Å². The molecule has 0 unspecified atom stereocenters. The van der Waals surface area contributed by atoms with Crippen molar-refractivity contribution >= 4 is 27.3 Å². The molecule has 0 N–H and O–H groups in total. The van der Waals surface area contributed by atoms with Crippen LogP contribution in [0, 0.1) is 0 Å². The zero-order valence-electron chi connectivity index (χ0n) is 24.9. The number of thiophene rings is 1. The van der Waals surface area contributed by atoms with Crippen LogP contribution in [-0.2, 0) is 5.41 Å². The van der Waals surface area contributed by atoms with Crippen molar-refractivity contribution in [1.29, 1.82) is 0 Å². The van der Waals surface area contributed by atoms with Gasteiger partial charge in [0.25, 0.3) is 0 Å². The molecule has 1 aromatic heterocycles. The van der Waals surface area contributed by atoms with Crippen LogP contribution in [0.4, 0.5) is 0 Å². The summed E-state index contributed by atoms with van der Waals surface area (Å²) in [5, 5.41) is 0. The Morgan fingerprint density at radius 1 is 0.595 bits per heavy atom. The number of ether oxygens (including phenoxy) is 1. The van der Waals surface area contributed by atoms with E-state index in [9.17, 15) is 0 Å². The summed E-state index contributed by atoms with van der Waals surface area (Å²) in [7, 11) is 0. The molecule has 0 amide bonds. The molecule has 1 aliphatic carbocycles. The Bertz CT molecular complexity index is 1660. The van der Waals surface area contributed by atoms with Crippen molar-refractivity contribution in [2.75, 3.05) is 6.61 Å². The molecule has 4 aromatic carbocycles. The van der Waals surface area contributed by atoms with Gasteiger partial charge in [-0.2, -0.15) is 0 Å². The van der Waals surface area contributed by atoms with Crippen molar-refractivity contribution in [2.24, 2.45) is 0 Å². The summed E-state index contributed by atoms with van der Waals surface area (Å²) in [4.78, 5) is 1.30. The Kier molecular flexibility index (Phi) is 8.70. The van der Waals surface area contributed by atoms with Crippen molar-refractivity contribution in [3.8, 4) is 49.6 Å². The zero-order chi connectivity index (χ0) is 29.1. The van der Waals surface area contributed by atoms with Gasteiger partial charge in [-0.1, -0.05) is 114 Å². The first-order valence-electron chi connectivity index (χ1n) is 15.3. The molecule has 0 saturated carbocycles. The van der Waals surface area contributed by atoms with E-state index in [1.807, 2.05) is 0 Å². The Morgan fingerprint density at radius 3 is 1.74 bits per heavy atom. The number of halogens is 1. The number of fused-ring (bicyclic) bond motifs is 3. The van der Waals surface area contributed by atoms with E-state index < -0.39 is 0 Å². The minimum Gasteiger partial charge on any atom is -0.494 e. The van der Waals surface area contributed by atoms with Crippen LogP contribution in [0.25, 0.3) is 43.8 Å². The topological polar surface area (TPSA) is 9.23 Å². The average molecular weight is 636 g/mol. The Balaban J connectivity index is 1.14. The standard InChI is InChI=1S/C39H39BrOS/c1-4-5-6-7-8-9-24-41-32-18-14-28(15-19-32)27-10-12-29(13-11-27)30-16-20-33-34-21-17-31(37-22-23-38(40)42-37)26-36(34)39(2,3)35(33)25-30/h10-23,25-26H,4-9,24H2,1-3H3. The summed E-state index contributed by atoms with van der Waals surface area (Å²) in [5.74, 6) is 0.959. The molecule has 1 heterocycles. The fourth-order valence-corrected chi connectivity index (χ4v) is 7.59. The monoisotopic (exact) mass is 634 g/mol. The van der Waals surface area contributed by atoms with Crippen LogP contribution in [0.5, 0.6) is 5.75 Å². The van der Waals surface area contributed by atoms with Gasteiger partial charge < -0.3 is 4.74 Å².